The van der Waals surface area contributed by atoms with Crippen molar-refractivity contribution in [1.29, 1.82) is 0 Å². The van der Waals surface area contributed by atoms with Gasteiger partial charge in [0.1, 0.15) is 97.3 Å². The summed E-state index contributed by atoms with van der Waals surface area (Å²) in [4.78, 5) is 15.2. The average Bonchev–Trinajstić information content (AvgIpc) is 3.93. The Morgan fingerprint density at radius 3 is 1.84 bits per heavy atom. The quantitative estimate of drug-likeness (QED) is 0.0744. The maximum atomic E-state index is 15.2. The van der Waals surface area contributed by atoms with Gasteiger partial charge in [-0.25, -0.2) is 0 Å². The van der Waals surface area contributed by atoms with Gasteiger partial charge in [0.15, 0.2) is 25.2 Å². The minimum atomic E-state index is -1.77. The summed E-state index contributed by atoms with van der Waals surface area (Å²) in [6.45, 7) is 15.8. The van der Waals surface area contributed by atoms with Crippen molar-refractivity contribution in [3.63, 3.8) is 0 Å². The summed E-state index contributed by atoms with van der Waals surface area (Å²) in [5.74, 6) is 0.303. The number of aliphatic hydroxyl groups is 14. The summed E-state index contributed by atoms with van der Waals surface area (Å²) in [6, 6.07) is 0. The molecule has 3 saturated carbocycles. The molecule has 4 heterocycles. The maximum absolute atomic E-state index is 15.2. The van der Waals surface area contributed by atoms with Crippen molar-refractivity contribution in [1.82, 2.24) is 0 Å². The van der Waals surface area contributed by atoms with Crippen LogP contribution in [-0.4, -0.2) is 238 Å². The monoisotopic (exact) mass is 1110 g/mol. The van der Waals surface area contributed by atoms with E-state index in [9.17, 15) is 71.5 Å². The van der Waals surface area contributed by atoms with Crippen LogP contribution in [0, 0.1) is 45.3 Å². The summed E-state index contributed by atoms with van der Waals surface area (Å²) in [6.07, 6.45) is -25.2. The van der Waals surface area contributed by atoms with Crippen molar-refractivity contribution in [2.24, 2.45) is 45.3 Å². The van der Waals surface area contributed by atoms with Crippen LogP contribution in [0.2, 0.25) is 0 Å². The number of carbonyl (C=O) groups is 1. The third kappa shape index (κ3) is 10.7. The number of ketones is 1. The van der Waals surface area contributed by atoms with Crippen LogP contribution >= 0.6 is 0 Å². The molecule has 444 valence electrons. The van der Waals surface area contributed by atoms with E-state index < -0.39 is 171 Å². The molecule has 4 aliphatic heterocycles. The molecule has 8 aliphatic rings. The lowest BCUT2D eigenvalue weighted by molar-refractivity contribution is -0.372. The van der Waals surface area contributed by atoms with Crippen LogP contribution in [0.3, 0.4) is 0 Å². The topological polar surface area (TPSA) is 374 Å². The van der Waals surface area contributed by atoms with Crippen LogP contribution in [-0.2, 0) is 42.7 Å². The first-order valence-electron chi connectivity index (χ1n) is 27.8. The highest BCUT2D eigenvalue weighted by molar-refractivity contribution is 5.88. The van der Waals surface area contributed by atoms with Gasteiger partial charge in [0.2, 0.25) is 0 Å². The zero-order chi connectivity index (χ0) is 56.8. The molecule has 0 radical (unpaired) electrons. The molecule has 0 spiro atoms. The predicted octanol–water partition coefficient (Wildman–Crippen LogP) is -2.00. The van der Waals surface area contributed by atoms with Crippen LogP contribution in [0.1, 0.15) is 114 Å². The second-order valence-corrected chi connectivity index (χ2v) is 25.6. The number of fused-ring (bicyclic) bond motifs is 5. The highest BCUT2D eigenvalue weighted by atomic mass is 16.8. The number of aliphatic hydroxyl groups excluding tert-OH is 14. The summed E-state index contributed by atoms with van der Waals surface area (Å²) in [7, 11) is 0. The fraction of sp³-hybridized carbons (Fsp3) is 0.944. The van der Waals surface area contributed by atoms with E-state index in [-0.39, 0.29) is 46.7 Å². The fourth-order valence-corrected chi connectivity index (χ4v) is 15.3. The van der Waals surface area contributed by atoms with E-state index in [1.165, 1.54) is 6.92 Å². The van der Waals surface area contributed by atoms with E-state index in [0.29, 0.717) is 32.1 Å². The normalized spacial score (nSPS) is 51.0. The molecule has 23 nitrogen and oxygen atoms in total. The number of Topliss-reactive ketones (excluding diaryl/α,β-unsaturated/α-hetero) is 1. The second kappa shape index (κ2) is 22.9. The lowest BCUT2D eigenvalue weighted by atomic mass is 9.38. The molecule has 14 N–H and O–H groups in total. The summed E-state index contributed by atoms with van der Waals surface area (Å²) in [5.41, 5.74) is -2.28. The number of hydrogen-bond acceptors (Lipinski definition) is 23. The molecule has 0 bridgehead atoms. The SMILES string of the molecule is CC(CCC(O)C(C)(C)OC1OC(COC2OC(CO)C(O)C(O)C2O)C(O)C(O)C1O)C1CCC2(C)C3CC=C4C(CCC(OC5OC(CO)C(O)C(O)C5OC5OC(C)C(O)C(O)C5O)C4(C)C)C3(C)C(=O)CC12C. The fourth-order valence-electron chi connectivity index (χ4n) is 15.3. The second-order valence-electron chi connectivity index (χ2n) is 25.6. The first-order chi connectivity index (χ1) is 35.9. The Bertz CT molecular complexity index is 2060. The van der Waals surface area contributed by atoms with Crippen LogP contribution in [0.25, 0.3) is 0 Å². The van der Waals surface area contributed by atoms with Crippen molar-refractivity contribution >= 4 is 5.78 Å². The standard InChI is InChI=1S/C54H90O23/c1-22(10-14-31(57)51(5,6)77-48-44(69)40(65)37(62)29(74-48)21-70-46-42(67)39(64)35(60)27(19-55)72-46)24-16-17-52(7)30-13-11-25-26(54(30,9)32(58)18-53(24,52)8)12-15-33(50(25,3)4)75-49-45(41(66)36(61)28(20-56)73-49)76-47-43(68)38(63)34(59)23(2)71-47/h11,22-24,26-31,33-49,55-57,59-69H,10,12-21H2,1-9H3. The lowest BCUT2D eigenvalue weighted by Gasteiger charge is -2.65. The molecule has 0 amide bonds. The molecule has 7 fully saturated rings. The highest BCUT2D eigenvalue weighted by Gasteiger charge is 2.71. The molecule has 77 heavy (non-hydrogen) atoms. The maximum Gasteiger partial charge on any atom is 0.187 e. The largest absolute Gasteiger partial charge is 0.394 e. The van der Waals surface area contributed by atoms with E-state index in [4.69, 9.17) is 37.9 Å². The van der Waals surface area contributed by atoms with Crippen molar-refractivity contribution in [3.05, 3.63) is 11.6 Å². The molecular weight excluding hydrogens is 1020 g/mol. The van der Waals surface area contributed by atoms with Crippen molar-refractivity contribution in [2.75, 3.05) is 19.8 Å². The molecule has 0 aromatic heterocycles. The average molecular weight is 1110 g/mol. The van der Waals surface area contributed by atoms with E-state index in [1.807, 2.05) is 0 Å². The van der Waals surface area contributed by atoms with E-state index in [1.54, 1.807) is 13.8 Å². The van der Waals surface area contributed by atoms with Gasteiger partial charge in [-0.15, -0.1) is 0 Å². The minimum Gasteiger partial charge on any atom is -0.394 e. The Kier molecular flexibility index (Phi) is 18.4. The molecule has 8 rings (SSSR count). The Morgan fingerprint density at radius 1 is 0.649 bits per heavy atom. The van der Waals surface area contributed by atoms with E-state index >= 15 is 4.79 Å². The Hall–Kier alpha value is -1.47. The molecule has 23 heteroatoms. The summed E-state index contributed by atoms with van der Waals surface area (Å²) < 4.78 is 47.4. The highest BCUT2D eigenvalue weighted by Crippen LogP contribution is 2.74. The van der Waals surface area contributed by atoms with Crippen LogP contribution in [0.15, 0.2) is 11.6 Å². The zero-order valence-corrected chi connectivity index (χ0v) is 45.8. The van der Waals surface area contributed by atoms with Gasteiger partial charge in [-0.2, -0.15) is 0 Å². The van der Waals surface area contributed by atoms with Gasteiger partial charge in [0.05, 0.1) is 43.7 Å². The Labute approximate surface area is 450 Å². The van der Waals surface area contributed by atoms with Gasteiger partial charge >= 0.3 is 0 Å². The number of ether oxygens (including phenoxy) is 8. The molecule has 0 aromatic carbocycles. The summed E-state index contributed by atoms with van der Waals surface area (Å²) in [5, 5.41) is 148. The van der Waals surface area contributed by atoms with Crippen molar-refractivity contribution in [3.8, 4) is 0 Å². The first kappa shape index (κ1) is 61.6. The minimum absolute atomic E-state index is 0.0141. The van der Waals surface area contributed by atoms with Gasteiger partial charge in [0.25, 0.3) is 0 Å². The van der Waals surface area contributed by atoms with Gasteiger partial charge in [-0.05, 0) is 100 Å². The number of hydrogen-bond donors (Lipinski definition) is 14. The van der Waals surface area contributed by atoms with Crippen molar-refractivity contribution in [2.45, 2.75) is 254 Å². The van der Waals surface area contributed by atoms with Gasteiger partial charge in [-0.3, -0.25) is 4.79 Å². The van der Waals surface area contributed by atoms with Gasteiger partial charge < -0.3 is 109 Å². The van der Waals surface area contributed by atoms with Crippen LogP contribution < -0.4 is 0 Å². The Morgan fingerprint density at radius 2 is 1.21 bits per heavy atom. The lowest BCUT2D eigenvalue weighted by Crippen LogP contribution is -2.65. The molecule has 4 aliphatic carbocycles. The van der Waals surface area contributed by atoms with Crippen LogP contribution in [0.4, 0.5) is 0 Å². The third-order valence-electron chi connectivity index (χ3n) is 20.6. The molecular formula is C54H90O23. The number of rotatable bonds is 16. The number of carbonyl (C=O) groups excluding carboxylic acids is 1. The first-order valence-corrected chi connectivity index (χ1v) is 27.8. The Balaban J connectivity index is 0.911. The van der Waals surface area contributed by atoms with Crippen molar-refractivity contribution < 1.29 is 114 Å². The predicted molar refractivity (Wildman–Crippen MR) is 265 cm³/mol. The molecule has 4 saturated heterocycles. The molecule has 29 atom stereocenters. The van der Waals surface area contributed by atoms with Crippen LogP contribution in [0.5, 0.6) is 0 Å². The van der Waals surface area contributed by atoms with E-state index in [2.05, 4.69) is 47.6 Å². The van der Waals surface area contributed by atoms with E-state index in [0.717, 1.165) is 18.4 Å². The molecule has 0 aromatic rings. The van der Waals surface area contributed by atoms with Gasteiger partial charge in [0, 0.05) is 17.3 Å². The third-order valence-corrected chi connectivity index (χ3v) is 20.6. The zero-order valence-electron chi connectivity index (χ0n) is 45.8. The smallest absolute Gasteiger partial charge is 0.187 e. The summed E-state index contributed by atoms with van der Waals surface area (Å²) >= 11 is 0. The molecule has 29 unspecified atom stereocenters. The number of allylic oxidation sites excluding steroid dienone is 1. The van der Waals surface area contributed by atoms with Gasteiger partial charge in [-0.1, -0.05) is 53.2 Å².